The SMILES string of the molecule is O=C(O)c1cc(C(O)CNC2COc3ccccc3O2)ccc1O. The van der Waals surface area contributed by atoms with Crippen molar-refractivity contribution in [2.75, 3.05) is 13.2 Å². The summed E-state index contributed by atoms with van der Waals surface area (Å²) >= 11 is 0. The molecule has 1 heterocycles. The van der Waals surface area contributed by atoms with Crippen LogP contribution in [0.5, 0.6) is 17.2 Å². The largest absolute Gasteiger partial charge is 0.507 e. The van der Waals surface area contributed by atoms with E-state index in [0.717, 1.165) is 0 Å². The summed E-state index contributed by atoms with van der Waals surface area (Å²) in [4.78, 5) is 11.0. The molecule has 2 atom stereocenters. The van der Waals surface area contributed by atoms with Gasteiger partial charge in [-0.05, 0) is 29.8 Å². The van der Waals surface area contributed by atoms with Gasteiger partial charge in [0.2, 0.25) is 0 Å². The quantitative estimate of drug-likeness (QED) is 0.657. The van der Waals surface area contributed by atoms with E-state index in [1.165, 1.54) is 18.2 Å². The van der Waals surface area contributed by atoms with Crippen molar-refractivity contribution < 1.29 is 29.6 Å². The molecule has 0 fully saturated rings. The van der Waals surface area contributed by atoms with Crippen LogP contribution in [0.15, 0.2) is 42.5 Å². The fraction of sp³-hybridized carbons (Fsp3) is 0.235. The monoisotopic (exact) mass is 331 g/mol. The number of hydrogen-bond donors (Lipinski definition) is 4. The van der Waals surface area contributed by atoms with Crippen molar-refractivity contribution in [3.63, 3.8) is 0 Å². The van der Waals surface area contributed by atoms with E-state index in [1.807, 2.05) is 18.2 Å². The molecule has 126 valence electrons. The molecule has 24 heavy (non-hydrogen) atoms. The third kappa shape index (κ3) is 3.42. The maximum absolute atomic E-state index is 11.0. The Hall–Kier alpha value is -2.77. The molecule has 0 spiro atoms. The molecule has 7 heteroatoms. The van der Waals surface area contributed by atoms with Gasteiger partial charge in [0.25, 0.3) is 0 Å². The van der Waals surface area contributed by atoms with Crippen molar-refractivity contribution in [3.8, 4) is 17.2 Å². The van der Waals surface area contributed by atoms with Crippen molar-refractivity contribution >= 4 is 5.97 Å². The Morgan fingerprint density at radius 1 is 1.25 bits per heavy atom. The number of fused-ring (bicyclic) bond motifs is 1. The van der Waals surface area contributed by atoms with Crippen LogP contribution in [0.3, 0.4) is 0 Å². The number of hydrogen-bond acceptors (Lipinski definition) is 6. The third-order valence-electron chi connectivity index (χ3n) is 3.68. The first kappa shape index (κ1) is 16.1. The van der Waals surface area contributed by atoms with Crippen molar-refractivity contribution in [3.05, 3.63) is 53.6 Å². The number of phenols is 1. The Bertz CT molecular complexity index is 748. The van der Waals surface area contributed by atoms with E-state index < -0.39 is 18.3 Å². The summed E-state index contributed by atoms with van der Waals surface area (Å²) in [5.74, 6) is -0.309. The average molecular weight is 331 g/mol. The van der Waals surface area contributed by atoms with E-state index in [0.29, 0.717) is 23.7 Å². The summed E-state index contributed by atoms with van der Waals surface area (Å²) in [6.07, 6.45) is -1.38. The second-order valence-electron chi connectivity index (χ2n) is 5.37. The van der Waals surface area contributed by atoms with Gasteiger partial charge >= 0.3 is 5.97 Å². The van der Waals surface area contributed by atoms with Gasteiger partial charge in [0.15, 0.2) is 17.7 Å². The minimum absolute atomic E-state index is 0.139. The van der Waals surface area contributed by atoms with Crippen LogP contribution in [0.4, 0.5) is 0 Å². The van der Waals surface area contributed by atoms with Crippen LogP contribution in [-0.4, -0.2) is 40.7 Å². The number of benzene rings is 2. The lowest BCUT2D eigenvalue weighted by Gasteiger charge is -2.27. The van der Waals surface area contributed by atoms with Crippen molar-refractivity contribution in [2.24, 2.45) is 0 Å². The zero-order valence-corrected chi connectivity index (χ0v) is 12.7. The van der Waals surface area contributed by atoms with Gasteiger partial charge < -0.3 is 24.8 Å². The average Bonchev–Trinajstić information content (AvgIpc) is 2.59. The van der Waals surface area contributed by atoms with Crippen molar-refractivity contribution in [1.29, 1.82) is 0 Å². The minimum Gasteiger partial charge on any atom is -0.507 e. The molecule has 1 aliphatic rings. The number of rotatable bonds is 5. The lowest BCUT2D eigenvalue weighted by atomic mass is 10.0. The Balaban J connectivity index is 1.61. The molecular weight excluding hydrogens is 314 g/mol. The maximum atomic E-state index is 11.0. The number of carbonyl (C=O) groups is 1. The van der Waals surface area contributed by atoms with Crippen molar-refractivity contribution in [1.82, 2.24) is 5.32 Å². The summed E-state index contributed by atoms with van der Waals surface area (Å²) in [5, 5.41) is 31.7. The number of aromatic carboxylic acids is 1. The van der Waals surface area contributed by atoms with Crippen LogP contribution in [0.1, 0.15) is 22.0 Å². The Morgan fingerprint density at radius 2 is 2.00 bits per heavy atom. The number of aliphatic hydroxyl groups is 1. The van der Waals surface area contributed by atoms with Gasteiger partial charge in [-0.15, -0.1) is 0 Å². The molecule has 3 rings (SSSR count). The highest BCUT2D eigenvalue weighted by molar-refractivity contribution is 5.90. The number of para-hydroxylation sites is 2. The lowest BCUT2D eigenvalue weighted by Crippen LogP contribution is -2.43. The maximum Gasteiger partial charge on any atom is 0.339 e. The topological polar surface area (TPSA) is 108 Å². The summed E-state index contributed by atoms with van der Waals surface area (Å²) < 4.78 is 11.3. The normalized spacial score (nSPS) is 17.3. The number of aliphatic hydroxyl groups excluding tert-OH is 1. The molecule has 0 aliphatic carbocycles. The molecule has 0 amide bonds. The van der Waals surface area contributed by atoms with Crippen molar-refractivity contribution in [2.45, 2.75) is 12.3 Å². The molecular formula is C17H17NO6. The molecule has 4 N–H and O–H groups in total. The Kier molecular flexibility index (Phi) is 4.54. The second kappa shape index (κ2) is 6.77. The molecule has 2 unspecified atom stereocenters. The van der Waals surface area contributed by atoms with E-state index in [4.69, 9.17) is 14.6 Å². The van der Waals surface area contributed by atoms with Gasteiger partial charge in [-0.3, -0.25) is 5.32 Å². The van der Waals surface area contributed by atoms with E-state index in [2.05, 4.69) is 5.32 Å². The highest BCUT2D eigenvalue weighted by Gasteiger charge is 2.21. The number of aromatic hydroxyl groups is 1. The van der Waals surface area contributed by atoms with Gasteiger partial charge in [-0.1, -0.05) is 18.2 Å². The first-order valence-corrected chi connectivity index (χ1v) is 7.40. The highest BCUT2D eigenvalue weighted by Crippen LogP contribution is 2.30. The zero-order valence-electron chi connectivity index (χ0n) is 12.7. The van der Waals surface area contributed by atoms with E-state index in [-0.39, 0.29) is 17.9 Å². The van der Waals surface area contributed by atoms with Gasteiger partial charge in [0.1, 0.15) is 17.9 Å². The first-order valence-electron chi connectivity index (χ1n) is 7.40. The summed E-state index contributed by atoms with van der Waals surface area (Å²) in [6, 6.07) is 11.3. The van der Waals surface area contributed by atoms with Crippen LogP contribution < -0.4 is 14.8 Å². The summed E-state index contributed by atoms with van der Waals surface area (Å²) in [7, 11) is 0. The highest BCUT2D eigenvalue weighted by atomic mass is 16.6. The number of nitrogens with one attached hydrogen (secondary N) is 1. The van der Waals surface area contributed by atoms with Crippen LogP contribution in [-0.2, 0) is 0 Å². The van der Waals surface area contributed by atoms with Gasteiger partial charge in [-0.25, -0.2) is 4.79 Å². The molecule has 0 bridgehead atoms. The first-order chi connectivity index (χ1) is 11.5. The van der Waals surface area contributed by atoms with E-state index in [1.54, 1.807) is 6.07 Å². The van der Waals surface area contributed by atoms with E-state index in [9.17, 15) is 15.0 Å². The number of ether oxygens (including phenoxy) is 2. The fourth-order valence-corrected chi connectivity index (χ4v) is 2.41. The van der Waals surface area contributed by atoms with Crippen LogP contribution >= 0.6 is 0 Å². The smallest absolute Gasteiger partial charge is 0.339 e. The summed E-state index contributed by atoms with van der Waals surface area (Å²) in [6.45, 7) is 0.430. The molecule has 0 saturated heterocycles. The molecule has 0 radical (unpaired) electrons. The predicted molar refractivity (Wildman–Crippen MR) is 84.4 cm³/mol. The molecule has 0 aromatic heterocycles. The standard InChI is InChI=1S/C17H17NO6/c19-12-6-5-10(7-11(12)17(21)22)13(20)8-18-16-9-23-14-3-1-2-4-15(14)24-16/h1-7,13,16,18-20H,8-9H2,(H,21,22). The number of carboxylic acids is 1. The van der Waals surface area contributed by atoms with E-state index >= 15 is 0 Å². The third-order valence-corrected chi connectivity index (χ3v) is 3.68. The molecule has 2 aromatic carbocycles. The molecule has 0 saturated carbocycles. The Morgan fingerprint density at radius 3 is 2.75 bits per heavy atom. The van der Waals surface area contributed by atoms with Crippen LogP contribution in [0.25, 0.3) is 0 Å². The predicted octanol–water partition coefficient (Wildman–Crippen LogP) is 1.51. The minimum atomic E-state index is -1.25. The van der Waals surface area contributed by atoms with Gasteiger partial charge in [-0.2, -0.15) is 0 Å². The molecule has 7 nitrogen and oxygen atoms in total. The summed E-state index contributed by atoms with van der Waals surface area (Å²) in [5.41, 5.74) is 0.132. The van der Waals surface area contributed by atoms with Gasteiger partial charge in [0, 0.05) is 6.54 Å². The van der Waals surface area contributed by atoms with Gasteiger partial charge in [0.05, 0.1) is 6.10 Å². The zero-order chi connectivity index (χ0) is 17.1. The second-order valence-corrected chi connectivity index (χ2v) is 5.37. The Labute approximate surface area is 138 Å². The molecule has 2 aromatic rings. The van der Waals surface area contributed by atoms with Crippen LogP contribution in [0.2, 0.25) is 0 Å². The lowest BCUT2D eigenvalue weighted by molar-refractivity contribution is 0.0530. The molecule has 1 aliphatic heterocycles. The van der Waals surface area contributed by atoms with Crippen LogP contribution in [0, 0.1) is 0 Å². The number of carboxylic acid groups (broad SMARTS) is 1. The fourth-order valence-electron chi connectivity index (χ4n) is 2.41.